The van der Waals surface area contributed by atoms with Gasteiger partial charge in [0.05, 0.1) is 12.6 Å². The minimum Gasteiger partial charge on any atom is -0.491 e. The lowest BCUT2D eigenvalue weighted by atomic mass is 9.99. The molecule has 2 unspecified atom stereocenters. The molecular formula is C17H20N2O3S. The summed E-state index contributed by atoms with van der Waals surface area (Å²) in [7, 11) is 0. The Morgan fingerprint density at radius 3 is 3.04 bits per heavy atom. The lowest BCUT2D eigenvalue weighted by Crippen LogP contribution is -2.44. The first-order valence-corrected chi connectivity index (χ1v) is 8.43. The lowest BCUT2D eigenvalue weighted by Gasteiger charge is -2.23. The van der Waals surface area contributed by atoms with E-state index in [1.54, 1.807) is 6.92 Å². The Morgan fingerprint density at radius 2 is 2.30 bits per heavy atom. The number of nitrogens with one attached hydrogen (secondary N) is 2. The number of carbonyl (C=O) groups excluding carboxylic acids is 1. The van der Waals surface area contributed by atoms with Crippen LogP contribution in [-0.4, -0.2) is 24.3 Å². The van der Waals surface area contributed by atoms with Gasteiger partial charge in [-0.15, -0.1) is 0 Å². The molecule has 0 aliphatic carbocycles. The smallest absolute Gasteiger partial charge is 0.315 e. The molecule has 0 saturated heterocycles. The Morgan fingerprint density at radius 1 is 1.48 bits per heavy atom. The van der Waals surface area contributed by atoms with Crippen molar-refractivity contribution >= 4 is 17.4 Å². The number of hydrogen-bond donors (Lipinski definition) is 3. The fraction of sp³-hybridized carbons (Fsp3) is 0.353. The molecule has 122 valence electrons. The molecule has 2 aromatic rings. The van der Waals surface area contributed by atoms with Crippen molar-refractivity contribution in [2.45, 2.75) is 25.5 Å². The molecule has 0 spiro atoms. The van der Waals surface area contributed by atoms with Gasteiger partial charge in [-0.2, -0.15) is 11.3 Å². The highest BCUT2D eigenvalue weighted by atomic mass is 32.1. The molecule has 3 N–H and O–H groups in total. The number of thiophene rings is 1. The molecule has 5 nitrogen and oxygen atoms in total. The largest absolute Gasteiger partial charge is 0.491 e. The van der Waals surface area contributed by atoms with E-state index in [9.17, 15) is 9.90 Å². The molecule has 6 heteroatoms. The first-order valence-electron chi connectivity index (χ1n) is 7.48. The summed E-state index contributed by atoms with van der Waals surface area (Å²) in [6.07, 6.45) is 0. The van der Waals surface area contributed by atoms with Gasteiger partial charge in [0.2, 0.25) is 0 Å². The zero-order valence-electron chi connectivity index (χ0n) is 13.1. The van der Waals surface area contributed by atoms with Crippen LogP contribution in [-0.2, 0) is 5.60 Å². The molecule has 0 fully saturated rings. The molecule has 1 aromatic heterocycles. The number of aryl methyl sites for hydroxylation is 1. The van der Waals surface area contributed by atoms with E-state index in [1.165, 1.54) is 11.3 Å². The quantitative estimate of drug-likeness (QED) is 0.806. The number of ether oxygens (including phenoxy) is 1. The van der Waals surface area contributed by atoms with Crippen molar-refractivity contribution in [1.29, 1.82) is 0 Å². The molecular weight excluding hydrogens is 312 g/mol. The summed E-state index contributed by atoms with van der Waals surface area (Å²) in [4.78, 5) is 12.1. The van der Waals surface area contributed by atoms with E-state index in [0.717, 1.165) is 22.4 Å². The fourth-order valence-electron chi connectivity index (χ4n) is 2.59. The molecule has 2 heterocycles. The molecule has 0 bridgehead atoms. The molecule has 1 aliphatic rings. The topological polar surface area (TPSA) is 70.6 Å². The van der Waals surface area contributed by atoms with Crippen molar-refractivity contribution in [3.05, 3.63) is 51.7 Å². The molecule has 0 saturated carbocycles. The number of amides is 2. The highest BCUT2D eigenvalue weighted by Crippen LogP contribution is 2.32. The van der Waals surface area contributed by atoms with Gasteiger partial charge in [0, 0.05) is 5.56 Å². The standard InChI is InChI=1S/C17H20N2O3S/c1-11-3-4-15-13(7-11)14(8-22-15)19-16(20)18-10-17(2,21)12-5-6-23-9-12/h3-7,9,14,21H,8,10H2,1-2H3,(H2,18,19,20). The maximum Gasteiger partial charge on any atom is 0.315 e. The number of rotatable bonds is 4. The molecule has 3 rings (SSSR count). The van der Waals surface area contributed by atoms with Crippen LogP contribution < -0.4 is 15.4 Å². The van der Waals surface area contributed by atoms with Crippen molar-refractivity contribution in [3.63, 3.8) is 0 Å². The molecule has 1 aliphatic heterocycles. The van der Waals surface area contributed by atoms with Crippen LogP contribution in [0.1, 0.15) is 29.7 Å². The van der Waals surface area contributed by atoms with Crippen LogP contribution in [0.3, 0.4) is 0 Å². The third-order valence-corrected chi connectivity index (χ3v) is 4.67. The van der Waals surface area contributed by atoms with Gasteiger partial charge in [-0.3, -0.25) is 0 Å². The number of hydrogen-bond acceptors (Lipinski definition) is 4. The number of urea groups is 1. The summed E-state index contributed by atoms with van der Waals surface area (Å²) in [5, 5.41) is 19.8. The average Bonchev–Trinajstić information content (AvgIpc) is 3.16. The number of benzene rings is 1. The summed E-state index contributed by atoms with van der Waals surface area (Å²) in [6.45, 7) is 4.26. The maximum absolute atomic E-state index is 12.1. The zero-order chi connectivity index (χ0) is 16.4. The monoisotopic (exact) mass is 332 g/mol. The van der Waals surface area contributed by atoms with Crippen LogP contribution in [0.25, 0.3) is 0 Å². The summed E-state index contributed by atoms with van der Waals surface area (Å²) < 4.78 is 5.58. The van der Waals surface area contributed by atoms with Crippen LogP contribution >= 0.6 is 11.3 Å². The van der Waals surface area contributed by atoms with Crippen LogP contribution in [0.15, 0.2) is 35.0 Å². The fourth-order valence-corrected chi connectivity index (χ4v) is 3.37. The van der Waals surface area contributed by atoms with Gasteiger partial charge in [0.25, 0.3) is 0 Å². The predicted molar refractivity (Wildman–Crippen MR) is 89.8 cm³/mol. The van der Waals surface area contributed by atoms with Gasteiger partial charge >= 0.3 is 6.03 Å². The van der Waals surface area contributed by atoms with Gasteiger partial charge < -0.3 is 20.5 Å². The number of carbonyl (C=O) groups is 1. The van der Waals surface area contributed by atoms with Crippen LogP contribution in [0.5, 0.6) is 5.75 Å². The van der Waals surface area contributed by atoms with E-state index < -0.39 is 5.60 Å². The van der Waals surface area contributed by atoms with Gasteiger partial charge in [-0.05, 0) is 42.3 Å². The van der Waals surface area contributed by atoms with Gasteiger partial charge in [-0.1, -0.05) is 17.7 Å². The molecule has 1 aromatic carbocycles. The van der Waals surface area contributed by atoms with Crippen molar-refractivity contribution < 1.29 is 14.6 Å². The first kappa shape index (κ1) is 15.8. The highest BCUT2D eigenvalue weighted by Gasteiger charge is 2.27. The number of aliphatic hydroxyl groups is 1. The van der Waals surface area contributed by atoms with Crippen molar-refractivity contribution in [2.24, 2.45) is 0 Å². The molecule has 2 amide bonds. The molecule has 2 atom stereocenters. The van der Waals surface area contributed by atoms with E-state index in [4.69, 9.17) is 4.74 Å². The minimum absolute atomic E-state index is 0.143. The zero-order valence-corrected chi connectivity index (χ0v) is 13.9. The van der Waals surface area contributed by atoms with Crippen LogP contribution in [0.2, 0.25) is 0 Å². The first-order chi connectivity index (χ1) is 11.0. The lowest BCUT2D eigenvalue weighted by molar-refractivity contribution is 0.0597. The van der Waals surface area contributed by atoms with Gasteiger partial charge in [0.15, 0.2) is 0 Å². The van der Waals surface area contributed by atoms with Gasteiger partial charge in [-0.25, -0.2) is 4.79 Å². The maximum atomic E-state index is 12.1. The van der Waals surface area contributed by atoms with Crippen molar-refractivity contribution in [3.8, 4) is 5.75 Å². The third kappa shape index (κ3) is 3.48. The van der Waals surface area contributed by atoms with Gasteiger partial charge in [0.1, 0.15) is 18.0 Å². The van der Waals surface area contributed by atoms with Crippen molar-refractivity contribution in [2.75, 3.05) is 13.2 Å². The summed E-state index contributed by atoms with van der Waals surface area (Å²) >= 11 is 1.52. The van der Waals surface area contributed by atoms with E-state index in [-0.39, 0.29) is 18.6 Å². The van der Waals surface area contributed by atoms with E-state index in [1.807, 2.05) is 41.9 Å². The second-order valence-electron chi connectivity index (χ2n) is 6.02. The Kier molecular flexibility index (Phi) is 4.28. The highest BCUT2D eigenvalue weighted by molar-refractivity contribution is 7.08. The summed E-state index contributed by atoms with van der Waals surface area (Å²) in [6, 6.07) is 7.30. The average molecular weight is 332 g/mol. The molecule has 23 heavy (non-hydrogen) atoms. The second-order valence-corrected chi connectivity index (χ2v) is 6.80. The van der Waals surface area contributed by atoms with E-state index in [0.29, 0.717) is 6.61 Å². The van der Waals surface area contributed by atoms with Crippen LogP contribution in [0.4, 0.5) is 4.79 Å². The second kappa shape index (κ2) is 6.22. The Labute approximate surface area is 139 Å². The van der Waals surface area contributed by atoms with Crippen LogP contribution in [0, 0.1) is 6.92 Å². The number of fused-ring (bicyclic) bond motifs is 1. The van der Waals surface area contributed by atoms with Crippen molar-refractivity contribution in [1.82, 2.24) is 10.6 Å². The Balaban J connectivity index is 1.58. The van der Waals surface area contributed by atoms with E-state index in [2.05, 4.69) is 10.6 Å². The Bertz CT molecular complexity index is 698. The third-order valence-electron chi connectivity index (χ3n) is 3.99. The van der Waals surface area contributed by atoms with E-state index >= 15 is 0 Å². The summed E-state index contributed by atoms with van der Waals surface area (Å²) in [5.41, 5.74) is 1.83. The summed E-state index contributed by atoms with van der Waals surface area (Å²) in [5.74, 6) is 0.811. The Hall–Kier alpha value is -2.05. The minimum atomic E-state index is -1.09. The normalized spacial score (nSPS) is 18.7. The predicted octanol–water partition coefficient (Wildman–Crippen LogP) is 2.70. The SMILES string of the molecule is Cc1ccc2c(c1)C(NC(=O)NCC(C)(O)c1ccsc1)CO2. The molecule has 0 radical (unpaired) electrons.